The molecule has 45 heavy (non-hydrogen) atoms. The maximum absolute atomic E-state index is 14.1. The van der Waals surface area contributed by atoms with E-state index in [-0.39, 0.29) is 34.5 Å². The molecule has 3 rings (SSSR count). The maximum Gasteiger partial charge on any atom is 0.329 e. The Kier molecular flexibility index (Phi) is 12.2. The van der Waals surface area contributed by atoms with Gasteiger partial charge in [0.1, 0.15) is 49.8 Å². The van der Waals surface area contributed by atoms with Crippen molar-refractivity contribution in [3.05, 3.63) is 35.8 Å². The van der Waals surface area contributed by atoms with Crippen LogP contribution >= 0.6 is 11.2 Å². The number of carbonyl (C=O) groups excluding carboxylic acids is 2. The molecule has 250 valence electrons. The number of aromatic nitrogens is 3. The summed E-state index contributed by atoms with van der Waals surface area (Å²) in [7, 11) is -2.35. The molecule has 0 amide bonds. The van der Waals surface area contributed by atoms with Gasteiger partial charge in [-0.15, -0.1) is 5.10 Å². The van der Waals surface area contributed by atoms with E-state index in [0.717, 1.165) is 12.1 Å². The smallest absolute Gasteiger partial charge is 0.329 e. The van der Waals surface area contributed by atoms with Crippen LogP contribution < -0.4 is 0 Å². The van der Waals surface area contributed by atoms with Crippen LogP contribution in [0.4, 0.5) is 13.2 Å². The third-order valence-electron chi connectivity index (χ3n) is 7.89. The molecule has 1 aromatic heterocycles. The number of nitrogens with zero attached hydrogens (tertiary/aromatic N) is 3. The molecule has 1 aliphatic heterocycles. The van der Waals surface area contributed by atoms with E-state index < -0.39 is 79.0 Å². The van der Waals surface area contributed by atoms with E-state index in [1.54, 1.807) is 11.2 Å². The summed E-state index contributed by atoms with van der Waals surface area (Å²) < 4.78 is 66.5. The number of carboxylic acid groups (broad SMARTS) is 1. The van der Waals surface area contributed by atoms with Crippen LogP contribution in [0.5, 0.6) is 0 Å². The Labute approximate surface area is 264 Å². The fourth-order valence-corrected chi connectivity index (χ4v) is 16.2. The Morgan fingerprint density at radius 1 is 1.00 bits per heavy atom. The second-order valence-corrected chi connectivity index (χ2v) is 20.6. The monoisotopic (exact) mass is 675 g/mol. The lowest BCUT2D eigenvalue weighted by atomic mass is 9.96. The van der Waals surface area contributed by atoms with Crippen LogP contribution in [0.15, 0.2) is 18.3 Å². The highest BCUT2D eigenvalue weighted by atomic mass is 32.4. The number of halogens is 3. The predicted octanol–water partition coefficient (Wildman–Crippen LogP) is 5.50. The van der Waals surface area contributed by atoms with Crippen molar-refractivity contribution in [1.82, 2.24) is 15.0 Å². The fourth-order valence-electron chi connectivity index (χ4n) is 6.17. The standard InChI is InChI=1S/C29H40F3N3O8SSi/c1-14(2)45(15(3)4,16(5)6)44-29-28(41-13-24(38)39)26(27(42-18(8)37)23(43-29)12-40-17(7)36)35-11-22(33-34-35)19-9-20(30)25(32)21(31)10-19/h9-11,14-16,23,26-29H,12-13H2,1-8H3,(H,38,39)/t23-,26+,27+,28-,29+/m1/s1. The number of benzene rings is 1. The number of hydrogen-bond donors (Lipinski definition) is 1. The molecule has 16 heteroatoms. The molecule has 1 aromatic carbocycles. The molecule has 2 aromatic rings. The Bertz CT molecular complexity index is 1330. The van der Waals surface area contributed by atoms with Crippen molar-refractivity contribution in [3.63, 3.8) is 0 Å². The van der Waals surface area contributed by atoms with E-state index in [2.05, 4.69) is 51.9 Å². The molecule has 0 saturated carbocycles. The first-order valence-electron chi connectivity index (χ1n) is 14.5. The second kappa shape index (κ2) is 15.1. The maximum atomic E-state index is 14.1. The van der Waals surface area contributed by atoms with Gasteiger partial charge in [-0.1, -0.05) is 46.8 Å². The van der Waals surface area contributed by atoms with Crippen molar-refractivity contribution < 1.29 is 51.6 Å². The van der Waals surface area contributed by atoms with Gasteiger partial charge >= 0.3 is 17.9 Å². The van der Waals surface area contributed by atoms with Gasteiger partial charge in [-0.05, 0) is 28.8 Å². The average molecular weight is 676 g/mol. The first-order chi connectivity index (χ1) is 21.0. The number of ether oxygens (including phenoxy) is 4. The summed E-state index contributed by atoms with van der Waals surface area (Å²) in [6, 6.07) is 0.415. The van der Waals surface area contributed by atoms with Crippen LogP contribution in [0, 0.1) is 17.5 Å². The van der Waals surface area contributed by atoms with Gasteiger partial charge in [-0.25, -0.2) is 22.6 Å². The highest BCUT2D eigenvalue weighted by molar-refractivity contribution is 8.29. The fraction of sp³-hybridized carbons (Fsp3) is 0.621. The molecule has 1 fully saturated rings. The predicted molar refractivity (Wildman–Crippen MR) is 161 cm³/mol. The second-order valence-electron chi connectivity index (χ2n) is 11.9. The summed E-state index contributed by atoms with van der Waals surface area (Å²) in [4.78, 5) is 36.0. The number of carbonyl (C=O) groups is 3. The zero-order chi connectivity index (χ0) is 33.8. The van der Waals surface area contributed by atoms with E-state index in [0.29, 0.717) is 0 Å². The number of carboxylic acids is 1. The number of hydrogen-bond acceptors (Lipinski definition) is 10. The zero-order valence-electron chi connectivity index (χ0n) is 26.5. The van der Waals surface area contributed by atoms with Crippen molar-refractivity contribution in [2.75, 3.05) is 13.2 Å². The minimum absolute atomic E-state index is 0.0474. The van der Waals surface area contributed by atoms with Gasteiger partial charge in [0.2, 0.25) is 0 Å². The average Bonchev–Trinajstić information content (AvgIpc) is 3.41. The molecule has 0 bridgehead atoms. The number of aliphatic carboxylic acids is 1. The molecule has 0 unspecified atom stereocenters. The van der Waals surface area contributed by atoms with Crippen LogP contribution in [0.2, 0.25) is 16.6 Å². The lowest BCUT2D eigenvalue weighted by molar-refractivity contribution is -0.213. The molecule has 11 nitrogen and oxygen atoms in total. The molecule has 1 N–H and O–H groups in total. The lowest BCUT2D eigenvalue weighted by Crippen LogP contribution is -2.59. The van der Waals surface area contributed by atoms with Gasteiger partial charge in [-0.3, -0.25) is 9.59 Å². The summed E-state index contributed by atoms with van der Waals surface area (Å²) >= 11 is 1.58. The third kappa shape index (κ3) is 8.26. The van der Waals surface area contributed by atoms with Crippen molar-refractivity contribution in [1.29, 1.82) is 0 Å². The summed E-state index contributed by atoms with van der Waals surface area (Å²) in [5.74, 6) is -7.09. The number of esters is 2. The lowest BCUT2D eigenvalue weighted by Gasteiger charge is -2.50. The Balaban J connectivity index is 2.24. The summed E-state index contributed by atoms with van der Waals surface area (Å²) in [6.07, 6.45) is -2.08. The summed E-state index contributed by atoms with van der Waals surface area (Å²) in [6.45, 7) is 14.1. The van der Waals surface area contributed by atoms with Crippen LogP contribution in [-0.4, -0.2) is 82.2 Å². The van der Waals surface area contributed by atoms with Crippen LogP contribution in [0.25, 0.3) is 11.3 Å². The van der Waals surface area contributed by atoms with Crippen LogP contribution in [0.1, 0.15) is 61.4 Å². The molecule has 0 spiro atoms. The molecule has 0 aliphatic carbocycles. The minimum Gasteiger partial charge on any atom is -0.480 e. The summed E-state index contributed by atoms with van der Waals surface area (Å²) in [5.41, 5.74) is -0.301. The minimum atomic E-state index is -2.35. The topological polar surface area (TPSA) is 139 Å². The molecule has 2 heterocycles. The van der Waals surface area contributed by atoms with Gasteiger partial charge in [0, 0.05) is 19.4 Å². The molecule has 0 radical (unpaired) electrons. The van der Waals surface area contributed by atoms with Crippen molar-refractivity contribution in [2.24, 2.45) is 0 Å². The highest BCUT2D eigenvalue weighted by Crippen LogP contribution is 2.53. The van der Waals surface area contributed by atoms with E-state index in [1.165, 1.54) is 24.7 Å². The van der Waals surface area contributed by atoms with Crippen LogP contribution in [-0.2, 0) is 33.3 Å². The van der Waals surface area contributed by atoms with Crippen LogP contribution in [0.3, 0.4) is 0 Å². The molecule has 5 atom stereocenters. The SMILES string of the molecule is CC(=O)OC[C@H]1O[C@@H](S[Si](C(C)C)(C(C)C)C(C)C)[C@H](OCC(=O)O)[C@@H](n2cc(-c3cc(F)c(F)c(F)c3)nn2)[C@H]1OC(C)=O. The molecular weight excluding hydrogens is 635 g/mol. The van der Waals surface area contributed by atoms with Gasteiger partial charge in [0.15, 0.2) is 23.6 Å². The van der Waals surface area contributed by atoms with E-state index in [1.807, 2.05) is 0 Å². The van der Waals surface area contributed by atoms with Crippen molar-refractivity contribution in [2.45, 2.75) is 102 Å². The van der Waals surface area contributed by atoms with E-state index >= 15 is 0 Å². The Hall–Kier alpha value is -2.95. The largest absolute Gasteiger partial charge is 0.480 e. The van der Waals surface area contributed by atoms with Gasteiger partial charge in [-0.2, -0.15) is 11.2 Å². The number of rotatable bonds is 13. The van der Waals surface area contributed by atoms with Gasteiger partial charge in [0.25, 0.3) is 0 Å². The molecular formula is C29H40F3N3O8SSi. The van der Waals surface area contributed by atoms with Gasteiger partial charge in [0.05, 0.1) is 6.20 Å². The Morgan fingerprint density at radius 3 is 2.07 bits per heavy atom. The normalized spacial score (nSPS) is 22.2. The van der Waals surface area contributed by atoms with E-state index in [9.17, 15) is 32.7 Å². The summed E-state index contributed by atoms with van der Waals surface area (Å²) in [5, 5.41) is 17.7. The van der Waals surface area contributed by atoms with Crippen molar-refractivity contribution in [3.8, 4) is 11.3 Å². The quantitative estimate of drug-likeness (QED) is 0.164. The first kappa shape index (κ1) is 36.5. The highest BCUT2D eigenvalue weighted by Gasteiger charge is 2.55. The molecule has 1 saturated heterocycles. The van der Waals surface area contributed by atoms with Gasteiger partial charge < -0.3 is 24.1 Å². The first-order valence-corrected chi connectivity index (χ1v) is 18.4. The molecule has 1 aliphatic rings. The van der Waals surface area contributed by atoms with E-state index in [4.69, 9.17) is 18.9 Å². The Morgan fingerprint density at radius 2 is 1.58 bits per heavy atom. The zero-order valence-corrected chi connectivity index (χ0v) is 28.3. The van der Waals surface area contributed by atoms with Crippen molar-refractivity contribution >= 4 is 36.3 Å². The third-order valence-corrected chi connectivity index (χ3v) is 20.5.